The van der Waals surface area contributed by atoms with E-state index in [9.17, 15) is 18.0 Å². The lowest BCUT2D eigenvalue weighted by Gasteiger charge is -2.19. The van der Waals surface area contributed by atoms with Gasteiger partial charge < -0.3 is 4.74 Å². The number of ether oxygens (including phenoxy) is 1. The summed E-state index contributed by atoms with van der Waals surface area (Å²) in [6, 6.07) is 15.4. The highest BCUT2D eigenvalue weighted by Crippen LogP contribution is 2.52. The number of rotatable bonds is 3. The molecule has 8 heteroatoms. The molecule has 0 saturated carbocycles. The summed E-state index contributed by atoms with van der Waals surface area (Å²) in [4.78, 5) is 12.4. The number of fused-ring (bicyclic) bond motifs is 1. The van der Waals surface area contributed by atoms with Crippen molar-refractivity contribution in [1.29, 1.82) is 0 Å². The molecule has 1 aromatic heterocycles. The molecule has 0 unspecified atom stereocenters. The predicted octanol–water partition coefficient (Wildman–Crippen LogP) is 5.46. The molecule has 28 heavy (non-hydrogen) atoms. The van der Waals surface area contributed by atoms with Gasteiger partial charge in [0.05, 0.1) is 17.2 Å². The maximum Gasteiger partial charge on any atom is 0.435 e. The summed E-state index contributed by atoms with van der Waals surface area (Å²) in [5, 5.41) is 3.76. The smallest absolute Gasteiger partial charge is 0.435 e. The van der Waals surface area contributed by atoms with Gasteiger partial charge in [0.25, 0.3) is 0 Å². The molecule has 0 N–H and O–H groups in total. The molecule has 0 aliphatic carbocycles. The zero-order valence-corrected chi connectivity index (χ0v) is 16.2. The van der Waals surface area contributed by atoms with Gasteiger partial charge in [-0.1, -0.05) is 46.3 Å². The van der Waals surface area contributed by atoms with Crippen LogP contribution in [-0.2, 0) is 11.0 Å². The highest BCUT2D eigenvalue weighted by Gasteiger charge is 2.50. The SMILES string of the molecule is CC(=O)[C@H]1c2c(C(F)(F)F)nn(-c3ccccc3)c2O[C@@H]1c1ccc(Br)cc1. The minimum atomic E-state index is -4.71. The Kier molecular flexibility index (Phi) is 4.53. The fourth-order valence-corrected chi connectivity index (χ4v) is 3.70. The Morgan fingerprint density at radius 2 is 1.75 bits per heavy atom. The van der Waals surface area contributed by atoms with E-state index in [1.54, 1.807) is 54.6 Å². The molecule has 0 radical (unpaired) electrons. The quantitative estimate of drug-likeness (QED) is 0.532. The lowest BCUT2D eigenvalue weighted by atomic mass is 9.88. The topological polar surface area (TPSA) is 44.1 Å². The molecule has 0 spiro atoms. The number of aromatic nitrogens is 2. The molecule has 0 amide bonds. The molecule has 4 rings (SSSR count). The second kappa shape index (κ2) is 6.77. The normalized spacial score (nSPS) is 18.6. The number of carbonyl (C=O) groups excluding carboxylic acids is 1. The Bertz CT molecular complexity index is 1030. The number of hydrogen-bond donors (Lipinski definition) is 0. The maximum atomic E-state index is 13.7. The Balaban J connectivity index is 1.92. The van der Waals surface area contributed by atoms with Crippen LogP contribution in [-0.4, -0.2) is 15.6 Å². The summed E-state index contributed by atoms with van der Waals surface area (Å²) in [5.41, 5.74) is -0.261. The van der Waals surface area contributed by atoms with Crippen LogP contribution >= 0.6 is 15.9 Å². The zero-order chi connectivity index (χ0) is 20.1. The molecule has 2 atom stereocenters. The predicted molar refractivity (Wildman–Crippen MR) is 99.5 cm³/mol. The van der Waals surface area contributed by atoms with Gasteiger partial charge in [-0.25, -0.2) is 4.68 Å². The Labute approximate surface area is 167 Å². The van der Waals surface area contributed by atoms with Crippen molar-refractivity contribution < 1.29 is 22.7 Å². The van der Waals surface area contributed by atoms with E-state index in [-0.39, 0.29) is 11.4 Å². The van der Waals surface area contributed by atoms with Crippen molar-refractivity contribution in [3.05, 3.63) is 75.9 Å². The van der Waals surface area contributed by atoms with Crippen molar-refractivity contribution in [1.82, 2.24) is 9.78 Å². The number of halogens is 4. The number of hydrogen-bond acceptors (Lipinski definition) is 3. The summed E-state index contributed by atoms with van der Waals surface area (Å²) >= 11 is 3.33. The number of para-hydroxylation sites is 1. The van der Waals surface area contributed by atoms with Crippen LogP contribution in [0.3, 0.4) is 0 Å². The molecule has 1 aliphatic rings. The molecule has 0 saturated heterocycles. The average Bonchev–Trinajstić information content (AvgIpc) is 3.19. The van der Waals surface area contributed by atoms with Gasteiger partial charge in [0, 0.05) is 4.47 Å². The van der Waals surface area contributed by atoms with Crippen molar-refractivity contribution in [2.24, 2.45) is 0 Å². The van der Waals surface area contributed by atoms with Crippen LogP contribution in [0.2, 0.25) is 0 Å². The van der Waals surface area contributed by atoms with Crippen LogP contribution in [0.5, 0.6) is 5.88 Å². The molecule has 2 aromatic carbocycles. The van der Waals surface area contributed by atoms with Crippen LogP contribution in [0, 0.1) is 0 Å². The summed E-state index contributed by atoms with van der Waals surface area (Å²) in [5.74, 6) is -1.55. The van der Waals surface area contributed by atoms with Crippen LogP contribution < -0.4 is 4.74 Å². The van der Waals surface area contributed by atoms with E-state index >= 15 is 0 Å². The van der Waals surface area contributed by atoms with Gasteiger partial charge in [-0.15, -0.1) is 0 Å². The van der Waals surface area contributed by atoms with E-state index in [0.717, 1.165) is 9.15 Å². The standard InChI is InChI=1S/C20H14BrF3N2O2/c1-11(27)15-16-18(20(22,23)24)25-26(14-5-3-2-4-6-14)19(16)28-17(15)12-7-9-13(21)10-8-12/h2-10,15,17H,1H3/t15-,17+/m0/s1. The maximum absolute atomic E-state index is 13.7. The monoisotopic (exact) mass is 450 g/mol. The van der Waals surface area contributed by atoms with Gasteiger partial charge in [-0.3, -0.25) is 4.79 Å². The Hall–Kier alpha value is -2.61. The molecule has 2 heterocycles. The Morgan fingerprint density at radius 3 is 2.32 bits per heavy atom. The fourth-order valence-electron chi connectivity index (χ4n) is 3.43. The third-order valence-electron chi connectivity index (χ3n) is 4.64. The van der Waals surface area contributed by atoms with E-state index in [0.29, 0.717) is 11.3 Å². The van der Waals surface area contributed by atoms with Crippen molar-refractivity contribution in [3.8, 4) is 11.6 Å². The molecular weight excluding hydrogens is 437 g/mol. The highest BCUT2D eigenvalue weighted by atomic mass is 79.9. The zero-order valence-electron chi connectivity index (χ0n) is 14.6. The first-order chi connectivity index (χ1) is 13.3. The molecule has 144 valence electrons. The second-order valence-electron chi connectivity index (χ2n) is 6.49. The van der Waals surface area contributed by atoms with Crippen LogP contribution in [0.1, 0.15) is 35.8 Å². The highest BCUT2D eigenvalue weighted by molar-refractivity contribution is 9.10. The number of nitrogens with zero attached hydrogens (tertiary/aromatic N) is 2. The fraction of sp³-hybridized carbons (Fsp3) is 0.200. The minimum absolute atomic E-state index is 0.0494. The Morgan fingerprint density at radius 1 is 1.11 bits per heavy atom. The van der Waals surface area contributed by atoms with Crippen molar-refractivity contribution >= 4 is 21.7 Å². The van der Waals surface area contributed by atoms with Gasteiger partial charge >= 0.3 is 6.18 Å². The molecule has 0 bridgehead atoms. The van der Waals surface area contributed by atoms with Gasteiger partial charge in [0.15, 0.2) is 5.69 Å². The molecular formula is C20H14BrF3N2O2. The van der Waals surface area contributed by atoms with E-state index in [2.05, 4.69) is 21.0 Å². The number of carbonyl (C=O) groups is 1. The van der Waals surface area contributed by atoms with Gasteiger partial charge in [-0.2, -0.15) is 18.3 Å². The summed E-state index contributed by atoms with van der Waals surface area (Å²) in [7, 11) is 0. The van der Waals surface area contributed by atoms with Crippen molar-refractivity contribution in [2.75, 3.05) is 0 Å². The summed E-state index contributed by atoms with van der Waals surface area (Å²) in [6.45, 7) is 1.27. The van der Waals surface area contributed by atoms with Crippen LogP contribution in [0.15, 0.2) is 59.1 Å². The van der Waals surface area contributed by atoms with Crippen molar-refractivity contribution in [3.63, 3.8) is 0 Å². The van der Waals surface area contributed by atoms with Crippen LogP contribution in [0.25, 0.3) is 5.69 Å². The summed E-state index contributed by atoms with van der Waals surface area (Å²) < 4.78 is 49.1. The minimum Gasteiger partial charge on any atom is -0.468 e. The average molecular weight is 451 g/mol. The first-order valence-corrected chi connectivity index (χ1v) is 9.25. The van der Waals surface area contributed by atoms with Gasteiger partial charge in [0.2, 0.25) is 5.88 Å². The lowest BCUT2D eigenvalue weighted by molar-refractivity contribution is -0.142. The van der Waals surface area contributed by atoms with E-state index in [1.165, 1.54) is 6.92 Å². The first kappa shape index (κ1) is 18.7. The number of Topliss-reactive ketones (excluding diaryl/α,β-unsaturated/α-hetero) is 1. The molecule has 4 nitrogen and oxygen atoms in total. The van der Waals surface area contributed by atoms with E-state index in [4.69, 9.17) is 4.74 Å². The number of ketones is 1. The second-order valence-corrected chi connectivity index (χ2v) is 7.41. The van der Waals surface area contributed by atoms with E-state index < -0.39 is 29.7 Å². The third-order valence-corrected chi connectivity index (χ3v) is 5.16. The van der Waals surface area contributed by atoms with Gasteiger partial charge in [0.1, 0.15) is 11.9 Å². The molecule has 3 aromatic rings. The summed E-state index contributed by atoms with van der Waals surface area (Å²) in [6.07, 6.45) is -5.56. The molecule has 0 fully saturated rings. The largest absolute Gasteiger partial charge is 0.468 e. The number of benzene rings is 2. The lowest BCUT2D eigenvalue weighted by Crippen LogP contribution is -2.20. The van der Waals surface area contributed by atoms with Gasteiger partial charge in [-0.05, 0) is 36.8 Å². The van der Waals surface area contributed by atoms with Crippen LogP contribution in [0.4, 0.5) is 13.2 Å². The van der Waals surface area contributed by atoms with Crippen molar-refractivity contribution in [2.45, 2.75) is 25.1 Å². The first-order valence-electron chi connectivity index (χ1n) is 8.45. The number of alkyl halides is 3. The molecule has 1 aliphatic heterocycles. The van der Waals surface area contributed by atoms with E-state index in [1.807, 2.05) is 0 Å². The third kappa shape index (κ3) is 3.11.